The number of aryl methyl sites for hydroxylation is 2. The van der Waals surface area contributed by atoms with Crippen molar-refractivity contribution in [2.45, 2.75) is 26.9 Å². The fourth-order valence-corrected chi connectivity index (χ4v) is 2.94. The van der Waals surface area contributed by atoms with Crippen molar-refractivity contribution >= 4 is 23.2 Å². The summed E-state index contributed by atoms with van der Waals surface area (Å²) in [6.45, 7) is 4.37. The van der Waals surface area contributed by atoms with Gasteiger partial charge in [0.05, 0.1) is 0 Å². The third-order valence-corrected chi connectivity index (χ3v) is 4.55. The zero-order valence-corrected chi connectivity index (χ0v) is 16.6. The van der Waals surface area contributed by atoms with E-state index in [0.29, 0.717) is 23.7 Å². The van der Waals surface area contributed by atoms with Crippen molar-refractivity contribution in [3.05, 3.63) is 89.5 Å². The highest BCUT2D eigenvalue weighted by atomic mass is 16.5. The molecular weight excluding hydrogens is 364 g/mol. The molecule has 3 aromatic rings. The van der Waals surface area contributed by atoms with Gasteiger partial charge < -0.3 is 15.4 Å². The second-order valence-electron chi connectivity index (χ2n) is 6.67. The molecule has 0 radical (unpaired) electrons. The average molecular weight is 388 g/mol. The van der Waals surface area contributed by atoms with Gasteiger partial charge in [-0.15, -0.1) is 0 Å². The first-order valence-corrected chi connectivity index (χ1v) is 9.54. The van der Waals surface area contributed by atoms with E-state index >= 15 is 0 Å². The van der Waals surface area contributed by atoms with E-state index in [1.807, 2.05) is 62.4 Å². The molecule has 5 heteroatoms. The summed E-state index contributed by atoms with van der Waals surface area (Å²) in [5.74, 6) is -0.726. The summed E-state index contributed by atoms with van der Waals surface area (Å²) in [4.78, 5) is 24.6. The molecule has 0 heterocycles. The Morgan fingerprint density at radius 3 is 2.21 bits per heavy atom. The van der Waals surface area contributed by atoms with Gasteiger partial charge in [-0.05, 0) is 54.3 Å². The first-order valence-electron chi connectivity index (χ1n) is 9.54. The van der Waals surface area contributed by atoms with E-state index in [1.165, 1.54) is 0 Å². The van der Waals surface area contributed by atoms with Crippen molar-refractivity contribution in [1.29, 1.82) is 0 Å². The van der Waals surface area contributed by atoms with Crippen LogP contribution in [0.15, 0.2) is 72.8 Å². The highest BCUT2D eigenvalue weighted by molar-refractivity contribution is 6.43. The lowest BCUT2D eigenvalue weighted by Crippen LogP contribution is -2.29. The Bertz CT molecular complexity index is 983. The molecule has 0 aliphatic carbocycles. The molecule has 0 aliphatic rings. The molecule has 148 valence electrons. The van der Waals surface area contributed by atoms with Crippen molar-refractivity contribution in [3.63, 3.8) is 0 Å². The molecule has 0 saturated carbocycles. The topological polar surface area (TPSA) is 67.4 Å². The maximum Gasteiger partial charge on any atom is 0.314 e. The van der Waals surface area contributed by atoms with E-state index in [-0.39, 0.29) is 0 Å². The minimum atomic E-state index is -0.715. The van der Waals surface area contributed by atoms with Gasteiger partial charge in [-0.2, -0.15) is 0 Å². The van der Waals surface area contributed by atoms with Gasteiger partial charge >= 0.3 is 11.8 Å². The SMILES string of the molecule is CCc1cccc(C)c1NC(=O)C(=O)Nc1ccc(OCc2ccccc2)cc1. The third-order valence-electron chi connectivity index (χ3n) is 4.55. The normalized spacial score (nSPS) is 10.3. The van der Waals surface area contributed by atoms with Crippen molar-refractivity contribution in [3.8, 4) is 5.75 Å². The second kappa shape index (κ2) is 9.55. The molecule has 3 aromatic carbocycles. The Kier molecular flexibility index (Phi) is 6.63. The molecular formula is C24H24N2O3. The number of carbonyl (C=O) groups excluding carboxylic acids is 2. The van der Waals surface area contributed by atoms with E-state index in [1.54, 1.807) is 24.3 Å². The van der Waals surface area contributed by atoms with Crippen LogP contribution in [0.3, 0.4) is 0 Å². The summed E-state index contributed by atoms with van der Waals surface area (Å²) in [5.41, 5.74) is 4.21. The Morgan fingerprint density at radius 2 is 1.52 bits per heavy atom. The summed E-state index contributed by atoms with van der Waals surface area (Å²) < 4.78 is 5.73. The van der Waals surface area contributed by atoms with Gasteiger partial charge in [-0.3, -0.25) is 9.59 Å². The van der Waals surface area contributed by atoms with Crippen LogP contribution in [0.4, 0.5) is 11.4 Å². The zero-order chi connectivity index (χ0) is 20.6. The van der Waals surface area contributed by atoms with E-state index in [2.05, 4.69) is 10.6 Å². The lowest BCUT2D eigenvalue weighted by Gasteiger charge is -2.13. The highest BCUT2D eigenvalue weighted by Gasteiger charge is 2.16. The standard InChI is InChI=1S/C24H24N2O3/c1-3-19-11-7-8-17(2)22(19)26-24(28)23(27)25-20-12-14-21(15-13-20)29-16-18-9-5-4-6-10-18/h4-15H,3,16H2,1-2H3,(H,25,27)(H,26,28). The van der Waals surface area contributed by atoms with Crippen LogP contribution in [-0.2, 0) is 22.6 Å². The average Bonchev–Trinajstić information content (AvgIpc) is 2.75. The second-order valence-corrected chi connectivity index (χ2v) is 6.67. The zero-order valence-electron chi connectivity index (χ0n) is 16.6. The number of hydrogen-bond donors (Lipinski definition) is 2. The van der Waals surface area contributed by atoms with Gasteiger partial charge in [-0.25, -0.2) is 0 Å². The maximum atomic E-state index is 12.3. The van der Waals surface area contributed by atoms with Crippen LogP contribution in [-0.4, -0.2) is 11.8 Å². The van der Waals surface area contributed by atoms with Crippen LogP contribution in [0.1, 0.15) is 23.6 Å². The molecule has 0 saturated heterocycles. The van der Waals surface area contributed by atoms with E-state index < -0.39 is 11.8 Å². The summed E-state index contributed by atoms with van der Waals surface area (Å²) >= 11 is 0. The lowest BCUT2D eigenvalue weighted by molar-refractivity contribution is -0.133. The van der Waals surface area contributed by atoms with Gasteiger partial charge in [0.2, 0.25) is 0 Å². The van der Waals surface area contributed by atoms with Crippen molar-refractivity contribution in [2.75, 3.05) is 10.6 Å². The Labute approximate surface area is 170 Å². The number of para-hydroxylation sites is 1. The quantitative estimate of drug-likeness (QED) is 0.601. The number of amides is 2. The van der Waals surface area contributed by atoms with Crippen LogP contribution in [0.25, 0.3) is 0 Å². The molecule has 0 atom stereocenters. The molecule has 2 N–H and O–H groups in total. The van der Waals surface area contributed by atoms with Crippen LogP contribution in [0, 0.1) is 6.92 Å². The lowest BCUT2D eigenvalue weighted by atomic mass is 10.1. The minimum Gasteiger partial charge on any atom is -0.489 e. The van der Waals surface area contributed by atoms with Crippen LogP contribution in [0.5, 0.6) is 5.75 Å². The number of benzene rings is 3. The monoisotopic (exact) mass is 388 g/mol. The minimum absolute atomic E-state index is 0.463. The number of carbonyl (C=O) groups is 2. The van der Waals surface area contributed by atoms with E-state index in [9.17, 15) is 9.59 Å². The number of nitrogens with one attached hydrogen (secondary N) is 2. The highest BCUT2D eigenvalue weighted by Crippen LogP contribution is 2.21. The van der Waals surface area contributed by atoms with E-state index in [4.69, 9.17) is 4.74 Å². The van der Waals surface area contributed by atoms with E-state index in [0.717, 1.165) is 23.1 Å². The molecule has 2 amide bonds. The number of anilines is 2. The number of rotatable bonds is 6. The summed E-state index contributed by atoms with van der Waals surface area (Å²) in [7, 11) is 0. The Balaban J connectivity index is 1.57. The van der Waals surface area contributed by atoms with Crippen molar-refractivity contribution in [1.82, 2.24) is 0 Å². The largest absolute Gasteiger partial charge is 0.489 e. The van der Waals surface area contributed by atoms with Crippen molar-refractivity contribution < 1.29 is 14.3 Å². The van der Waals surface area contributed by atoms with Crippen LogP contribution >= 0.6 is 0 Å². The maximum absolute atomic E-state index is 12.3. The Hall–Kier alpha value is -3.60. The molecule has 0 aliphatic heterocycles. The molecule has 5 nitrogen and oxygen atoms in total. The van der Waals surface area contributed by atoms with Gasteiger partial charge in [-0.1, -0.05) is 55.5 Å². The first-order chi connectivity index (χ1) is 14.1. The Morgan fingerprint density at radius 1 is 0.828 bits per heavy atom. The van der Waals surface area contributed by atoms with Gasteiger partial charge in [0, 0.05) is 11.4 Å². The summed E-state index contributed by atoms with van der Waals surface area (Å²) in [6.07, 6.45) is 0.767. The van der Waals surface area contributed by atoms with Crippen LogP contribution < -0.4 is 15.4 Å². The van der Waals surface area contributed by atoms with Gasteiger partial charge in [0.1, 0.15) is 12.4 Å². The first kappa shape index (κ1) is 20.1. The fourth-order valence-electron chi connectivity index (χ4n) is 2.94. The number of hydrogen-bond acceptors (Lipinski definition) is 3. The summed E-state index contributed by atoms with van der Waals surface area (Å²) in [5, 5.41) is 5.34. The molecule has 0 fully saturated rings. The summed E-state index contributed by atoms with van der Waals surface area (Å²) in [6, 6.07) is 22.6. The third kappa shape index (κ3) is 5.45. The molecule has 0 unspecified atom stereocenters. The van der Waals surface area contributed by atoms with Crippen LogP contribution in [0.2, 0.25) is 0 Å². The molecule has 0 bridgehead atoms. The van der Waals surface area contributed by atoms with Crippen molar-refractivity contribution in [2.24, 2.45) is 0 Å². The smallest absolute Gasteiger partial charge is 0.314 e. The molecule has 0 spiro atoms. The van der Waals surface area contributed by atoms with Gasteiger partial charge in [0.25, 0.3) is 0 Å². The molecule has 0 aromatic heterocycles. The fraction of sp³-hybridized carbons (Fsp3) is 0.167. The molecule has 29 heavy (non-hydrogen) atoms. The molecule has 3 rings (SSSR count). The predicted molar refractivity (Wildman–Crippen MR) is 115 cm³/mol. The number of ether oxygens (including phenoxy) is 1. The predicted octanol–water partition coefficient (Wildman–Crippen LogP) is 4.71. The van der Waals surface area contributed by atoms with Gasteiger partial charge in [0.15, 0.2) is 0 Å².